The van der Waals surface area contributed by atoms with Gasteiger partial charge in [-0.25, -0.2) is 4.98 Å². The number of nitrogens with zero attached hydrogens (tertiary/aromatic N) is 3. The Labute approximate surface area is 115 Å². The molecule has 0 aliphatic carbocycles. The number of rotatable bonds is 7. The van der Waals surface area contributed by atoms with Gasteiger partial charge in [0.2, 0.25) is 5.88 Å². The van der Waals surface area contributed by atoms with Gasteiger partial charge in [0.05, 0.1) is 18.1 Å². The summed E-state index contributed by atoms with van der Waals surface area (Å²) in [6.45, 7) is 7.87. The van der Waals surface area contributed by atoms with E-state index in [1.54, 1.807) is 12.4 Å². The van der Waals surface area contributed by atoms with Crippen molar-refractivity contribution in [3.63, 3.8) is 0 Å². The van der Waals surface area contributed by atoms with Gasteiger partial charge in [-0.1, -0.05) is 13.3 Å². The first-order chi connectivity index (χ1) is 9.38. The van der Waals surface area contributed by atoms with Crippen LogP contribution in [0.4, 0.5) is 0 Å². The van der Waals surface area contributed by atoms with Gasteiger partial charge in [0.1, 0.15) is 6.61 Å². The van der Waals surface area contributed by atoms with Crippen molar-refractivity contribution in [2.45, 2.75) is 32.7 Å². The van der Waals surface area contributed by atoms with E-state index in [9.17, 15) is 0 Å². The van der Waals surface area contributed by atoms with Crippen LogP contribution in [0.3, 0.4) is 0 Å². The third-order valence-corrected chi connectivity index (χ3v) is 3.34. The summed E-state index contributed by atoms with van der Waals surface area (Å²) in [5, 5.41) is 3.22. The van der Waals surface area contributed by atoms with Crippen LogP contribution in [0.2, 0.25) is 0 Å². The summed E-state index contributed by atoms with van der Waals surface area (Å²) in [7, 11) is 0. The lowest BCUT2D eigenvalue weighted by Gasteiger charge is -2.25. The van der Waals surface area contributed by atoms with Crippen molar-refractivity contribution in [2.24, 2.45) is 0 Å². The molecule has 1 aliphatic heterocycles. The van der Waals surface area contributed by atoms with Gasteiger partial charge in [-0.05, 0) is 32.5 Å². The van der Waals surface area contributed by atoms with E-state index in [4.69, 9.17) is 4.74 Å². The standard InChI is InChI=1S/C14H24N4O/c1-2-15-10-13-11-17-14(12-16-13)19-9-8-18-6-4-3-5-7-18/h11-12,15H,2-10H2,1H3. The Morgan fingerprint density at radius 1 is 1.21 bits per heavy atom. The number of aromatic nitrogens is 2. The fraction of sp³-hybridized carbons (Fsp3) is 0.714. The fourth-order valence-corrected chi connectivity index (χ4v) is 2.22. The van der Waals surface area contributed by atoms with Crippen LogP contribution < -0.4 is 10.1 Å². The lowest BCUT2D eigenvalue weighted by Crippen LogP contribution is -2.33. The molecule has 1 N–H and O–H groups in total. The van der Waals surface area contributed by atoms with Crippen molar-refractivity contribution in [3.05, 3.63) is 18.1 Å². The van der Waals surface area contributed by atoms with Crippen LogP contribution in [-0.4, -0.2) is 47.7 Å². The molecular weight excluding hydrogens is 240 g/mol. The SMILES string of the molecule is CCNCc1cnc(OCCN2CCCCC2)cn1. The molecule has 1 aliphatic rings. The molecule has 0 aromatic carbocycles. The molecule has 0 saturated carbocycles. The Balaban J connectivity index is 1.67. The zero-order chi connectivity index (χ0) is 13.3. The minimum Gasteiger partial charge on any atom is -0.475 e. The zero-order valence-corrected chi connectivity index (χ0v) is 11.8. The van der Waals surface area contributed by atoms with E-state index < -0.39 is 0 Å². The van der Waals surface area contributed by atoms with Crippen LogP contribution in [0.1, 0.15) is 31.9 Å². The third kappa shape index (κ3) is 5.12. The fourth-order valence-electron chi connectivity index (χ4n) is 2.22. The van der Waals surface area contributed by atoms with Crippen molar-refractivity contribution in [3.8, 4) is 5.88 Å². The molecule has 1 aromatic heterocycles. The highest BCUT2D eigenvalue weighted by Gasteiger charge is 2.09. The Morgan fingerprint density at radius 2 is 2.05 bits per heavy atom. The molecule has 1 aromatic rings. The van der Waals surface area contributed by atoms with Crippen molar-refractivity contribution in [1.29, 1.82) is 0 Å². The molecule has 106 valence electrons. The van der Waals surface area contributed by atoms with E-state index in [0.29, 0.717) is 12.5 Å². The second kappa shape index (κ2) is 8.07. The largest absolute Gasteiger partial charge is 0.475 e. The Kier molecular flexibility index (Phi) is 6.04. The maximum atomic E-state index is 5.63. The molecule has 1 fully saturated rings. The number of piperidine rings is 1. The molecule has 5 heteroatoms. The van der Waals surface area contributed by atoms with E-state index >= 15 is 0 Å². The Hall–Kier alpha value is -1.20. The molecule has 0 bridgehead atoms. The van der Waals surface area contributed by atoms with E-state index in [0.717, 1.165) is 25.3 Å². The third-order valence-electron chi connectivity index (χ3n) is 3.34. The van der Waals surface area contributed by atoms with Crippen molar-refractivity contribution in [2.75, 3.05) is 32.8 Å². The average Bonchev–Trinajstić information content (AvgIpc) is 2.47. The summed E-state index contributed by atoms with van der Waals surface area (Å²) < 4.78 is 5.63. The molecule has 0 unspecified atom stereocenters. The van der Waals surface area contributed by atoms with Crippen LogP contribution in [0.25, 0.3) is 0 Å². The number of nitrogens with one attached hydrogen (secondary N) is 1. The summed E-state index contributed by atoms with van der Waals surface area (Å²) >= 11 is 0. The predicted molar refractivity (Wildman–Crippen MR) is 75.2 cm³/mol. The molecule has 2 rings (SSSR count). The first-order valence-electron chi connectivity index (χ1n) is 7.25. The summed E-state index contributed by atoms with van der Waals surface area (Å²) in [5.74, 6) is 0.622. The Morgan fingerprint density at radius 3 is 2.74 bits per heavy atom. The van der Waals surface area contributed by atoms with Crippen molar-refractivity contribution in [1.82, 2.24) is 20.2 Å². The van der Waals surface area contributed by atoms with E-state index in [1.165, 1.54) is 32.4 Å². The number of hydrogen-bond acceptors (Lipinski definition) is 5. The lowest BCUT2D eigenvalue weighted by atomic mass is 10.1. The van der Waals surface area contributed by atoms with Crippen molar-refractivity contribution < 1.29 is 4.74 Å². The molecule has 1 saturated heterocycles. The maximum Gasteiger partial charge on any atom is 0.232 e. The van der Waals surface area contributed by atoms with Gasteiger partial charge in [0.15, 0.2) is 0 Å². The molecule has 0 spiro atoms. The van der Waals surface area contributed by atoms with Gasteiger partial charge in [-0.3, -0.25) is 9.88 Å². The van der Waals surface area contributed by atoms with E-state index in [-0.39, 0.29) is 0 Å². The highest BCUT2D eigenvalue weighted by atomic mass is 16.5. The smallest absolute Gasteiger partial charge is 0.232 e. The summed E-state index contributed by atoms with van der Waals surface area (Å²) in [6, 6.07) is 0. The molecule has 2 heterocycles. The van der Waals surface area contributed by atoms with Gasteiger partial charge in [0.25, 0.3) is 0 Å². The average molecular weight is 264 g/mol. The number of likely N-dealkylation sites (tertiary alicyclic amines) is 1. The monoisotopic (exact) mass is 264 g/mol. The highest BCUT2D eigenvalue weighted by Crippen LogP contribution is 2.09. The highest BCUT2D eigenvalue weighted by molar-refractivity contribution is 5.07. The zero-order valence-electron chi connectivity index (χ0n) is 11.8. The van der Waals surface area contributed by atoms with Crippen LogP contribution in [-0.2, 0) is 6.54 Å². The first-order valence-corrected chi connectivity index (χ1v) is 7.25. The first kappa shape index (κ1) is 14.2. The molecule has 0 atom stereocenters. The van der Waals surface area contributed by atoms with Crippen molar-refractivity contribution >= 4 is 0 Å². The summed E-state index contributed by atoms with van der Waals surface area (Å²) in [5.41, 5.74) is 0.949. The van der Waals surface area contributed by atoms with Gasteiger partial charge in [0, 0.05) is 13.1 Å². The topological polar surface area (TPSA) is 50.3 Å². The minimum absolute atomic E-state index is 0.622. The normalized spacial score (nSPS) is 16.5. The second-order valence-corrected chi connectivity index (χ2v) is 4.88. The van der Waals surface area contributed by atoms with E-state index in [1.807, 2.05) is 0 Å². The predicted octanol–water partition coefficient (Wildman–Crippen LogP) is 1.45. The maximum absolute atomic E-state index is 5.63. The number of ether oxygens (including phenoxy) is 1. The van der Waals surface area contributed by atoms with Crippen LogP contribution in [0.15, 0.2) is 12.4 Å². The van der Waals surface area contributed by atoms with Gasteiger partial charge >= 0.3 is 0 Å². The van der Waals surface area contributed by atoms with Gasteiger partial charge in [-0.15, -0.1) is 0 Å². The Bertz CT molecular complexity index is 349. The molecule has 5 nitrogen and oxygen atoms in total. The lowest BCUT2D eigenvalue weighted by molar-refractivity contribution is 0.180. The van der Waals surface area contributed by atoms with Crippen LogP contribution >= 0.6 is 0 Å². The van der Waals surface area contributed by atoms with Crippen LogP contribution in [0.5, 0.6) is 5.88 Å². The minimum atomic E-state index is 0.622. The molecule has 0 amide bonds. The van der Waals surface area contributed by atoms with Gasteiger partial charge in [-0.2, -0.15) is 0 Å². The molecule has 19 heavy (non-hydrogen) atoms. The quantitative estimate of drug-likeness (QED) is 0.808. The summed E-state index contributed by atoms with van der Waals surface area (Å²) in [4.78, 5) is 11.0. The summed E-state index contributed by atoms with van der Waals surface area (Å²) in [6.07, 6.45) is 7.50. The van der Waals surface area contributed by atoms with Crippen LogP contribution in [0, 0.1) is 0 Å². The number of hydrogen-bond donors (Lipinski definition) is 1. The molecular formula is C14H24N4O. The van der Waals surface area contributed by atoms with Gasteiger partial charge < -0.3 is 10.1 Å². The molecule has 0 radical (unpaired) electrons. The van der Waals surface area contributed by atoms with E-state index in [2.05, 4.69) is 27.1 Å². The second-order valence-electron chi connectivity index (χ2n) is 4.88.